The lowest BCUT2D eigenvalue weighted by atomic mass is 9.89. The summed E-state index contributed by atoms with van der Waals surface area (Å²) in [6.45, 7) is 2.02. The first-order valence-corrected chi connectivity index (χ1v) is 9.33. The Morgan fingerprint density at radius 2 is 2.04 bits per heavy atom. The average molecular weight is 359 g/mol. The molecule has 0 aliphatic heterocycles. The van der Waals surface area contributed by atoms with Crippen molar-refractivity contribution in [2.24, 2.45) is 5.92 Å². The van der Waals surface area contributed by atoms with E-state index in [1.54, 1.807) is 4.68 Å². The summed E-state index contributed by atoms with van der Waals surface area (Å²) in [7, 11) is 0. The first kappa shape index (κ1) is 17.2. The number of hydrogen-bond donors (Lipinski definition) is 1. The summed E-state index contributed by atoms with van der Waals surface area (Å²) in [4.78, 5) is 17.4. The van der Waals surface area contributed by atoms with Gasteiger partial charge in [0.1, 0.15) is 11.6 Å². The van der Waals surface area contributed by atoms with Crippen LogP contribution in [-0.4, -0.2) is 20.7 Å². The largest absolute Gasteiger partial charge is 0.309 e. The minimum absolute atomic E-state index is 0.0000540. The van der Waals surface area contributed by atoms with Crippen LogP contribution >= 0.6 is 0 Å². The number of pyridine rings is 1. The van der Waals surface area contributed by atoms with Crippen LogP contribution in [0.25, 0.3) is 16.7 Å². The summed E-state index contributed by atoms with van der Waals surface area (Å²) in [6.07, 6.45) is 6.61. The van der Waals surface area contributed by atoms with Gasteiger partial charge in [-0.1, -0.05) is 37.5 Å². The molecule has 3 aromatic rings. The van der Waals surface area contributed by atoms with E-state index in [2.05, 4.69) is 21.5 Å². The van der Waals surface area contributed by atoms with Gasteiger partial charge in [-0.3, -0.25) is 4.79 Å². The van der Waals surface area contributed by atoms with Crippen molar-refractivity contribution in [2.75, 3.05) is 5.32 Å². The van der Waals surface area contributed by atoms with E-state index >= 15 is 0 Å². The number of rotatable bonds is 3. The highest BCUT2D eigenvalue weighted by Crippen LogP contribution is 2.27. The van der Waals surface area contributed by atoms with Crippen LogP contribution in [0.15, 0.2) is 36.5 Å². The van der Waals surface area contributed by atoms with Gasteiger partial charge in [-0.2, -0.15) is 15.0 Å². The van der Waals surface area contributed by atoms with Crippen LogP contribution in [-0.2, 0) is 4.79 Å². The zero-order chi connectivity index (χ0) is 18.8. The van der Waals surface area contributed by atoms with Crippen LogP contribution in [0, 0.1) is 24.2 Å². The second-order valence-electron chi connectivity index (χ2n) is 7.07. The predicted molar refractivity (Wildman–Crippen MR) is 104 cm³/mol. The van der Waals surface area contributed by atoms with Gasteiger partial charge in [0.15, 0.2) is 11.6 Å². The summed E-state index contributed by atoms with van der Waals surface area (Å²) in [5.74, 6) is 0.951. The number of carbonyl (C=O) groups excluding carboxylic acids is 1. The third kappa shape index (κ3) is 3.28. The van der Waals surface area contributed by atoms with Gasteiger partial charge < -0.3 is 5.32 Å². The highest BCUT2D eigenvalue weighted by molar-refractivity contribution is 5.93. The Kier molecular flexibility index (Phi) is 4.59. The molecular weight excluding hydrogens is 338 g/mol. The van der Waals surface area contributed by atoms with Crippen LogP contribution < -0.4 is 5.32 Å². The molecule has 1 amide bonds. The number of benzene rings is 1. The fraction of sp³-hybridized carbons (Fsp3) is 0.333. The number of aryl methyl sites for hydroxylation is 1. The molecule has 1 N–H and O–H groups in total. The number of fused-ring (bicyclic) bond motifs is 1. The first-order valence-electron chi connectivity index (χ1n) is 9.33. The van der Waals surface area contributed by atoms with Crippen LogP contribution in [0.4, 0.5) is 5.82 Å². The molecule has 0 atom stereocenters. The summed E-state index contributed by atoms with van der Waals surface area (Å²) < 4.78 is 1.55. The van der Waals surface area contributed by atoms with Gasteiger partial charge in [-0.25, -0.2) is 4.98 Å². The summed E-state index contributed by atoms with van der Waals surface area (Å²) in [5.41, 5.74) is 2.26. The van der Waals surface area contributed by atoms with Crippen LogP contribution in [0.3, 0.4) is 0 Å². The fourth-order valence-electron chi connectivity index (χ4n) is 3.75. The van der Waals surface area contributed by atoms with Crippen molar-refractivity contribution in [1.29, 1.82) is 5.26 Å². The van der Waals surface area contributed by atoms with Crippen LogP contribution in [0.2, 0.25) is 0 Å². The molecule has 0 radical (unpaired) electrons. The molecule has 1 aromatic carbocycles. The molecule has 0 unspecified atom stereocenters. The minimum Gasteiger partial charge on any atom is -0.309 e. The topological polar surface area (TPSA) is 83.6 Å². The molecular formula is C21H21N5O. The number of nitrogens with one attached hydrogen (secondary N) is 1. The second-order valence-corrected chi connectivity index (χ2v) is 7.07. The zero-order valence-corrected chi connectivity index (χ0v) is 15.3. The maximum absolute atomic E-state index is 12.7. The quantitative estimate of drug-likeness (QED) is 0.762. The number of nitriles is 1. The molecule has 2 aromatic heterocycles. The van der Waals surface area contributed by atoms with Crippen LogP contribution in [0.1, 0.15) is 43.2 Å². The zero-order valence-electron chi connectivity index (χ0n) is 15.3. The monoisotopic (exact) mass is 359 g/mol. The third-order valence-electron chi connectivity index (χ3n) is 5.23. The molecule has 136 valence electrons. The van der Waals surface area contributed by atoms with E-state index < -0.39 is 0 Å². The van der Waals surface area contributed by atoms with Gasteiger partial charge in [0.05, 0.1) is 11.7 Å². The summed E-state index contributed by atoms with van der Waals surface area (Å²) >= 11 is 0. The molecule has 1 saturated carbocycles. The molecule has 4 rings (SSSR count). The molecule has 1 fully saturated rings. The number of amides is 1. The molecule has 6 nitrogen and oxygen atoms in total. The van der Waals surface area contributed by atoms with Gasteiger partial charge in [0.25, 0.3) is 0 Å². The predicted octanol–water partition coefficient (Wildman–Crippen LogP) is 4.12. The van der Waals surface area contributed by atoms with E-state index in [1.807, 2.05) is 37.3 Å². The Bertz CT molecular complexity index is 1040. The maximum Gasteiger partial charge on any atom is 0.228 e. The Morgan fingerprint density at radius 1 is 1.26 bits per heavy atom. The Balaban J connectivity index is 1.73. The average Bonchev–Trinajstić information content (AvgIpc) is 3.11. The summed E-state index contributed by atoms with van der Waals surface area (Å²) in [5, 5.41) is 17.8. The minimum atomic E-state index is -0.0366. The van der Waals surface area contributed by atoms with Crippen molar-refractivity contribution in [3.05, 3.63) is 47.7 Å². The van der Waals surface area contributed by atoms with Crippen molar-refractivity contribution in [3.63, 3.8) is 0 Å². The summed E-state index contributed by atoms with van der Waals surface area (Å²) in [6, 6.07) is 11.9. The van der Waals surface area contributed by atoms with E-state index in [0.717, 1.165) is 42.1 Å². The van der Waals surface area contributed by atoms with Crippen molar-refractivity contribution >= 4 is 22.6 Å². The lowest BCUT2D eigenvalue weighted by Crippen LogP contribution is -2.26. The lowest BCUT2D eigenvalue weighted by molar-refractivity contribution is -0.120. The Hall–Kier alpha value is -3.20. The SMILES string of the molecule is Cc1cc(-n2ncc(C#N)c2NC(=O)C2CCCCC2)nc2ccccc12. The van der Waals surface area contributed by atoms with Gasteiger partial charge >= 0.3 is 0 Å². The molecule has 6 heteroatoms. The highest BCUT2D eigenvalue weighted by Gasteiger charge is 2.24. The number of para-hydroxylation sites is 1. The smallest absolute Gasteiger partial charge is 0.228 e. The molecule has 0 spiro atoms. The van der Waals surface area contributed by atoms with E-state index in [4.69, 9.17) is 0 Å². The Labute approximate surface area is 157 Å². The number of aromatic nitrogens is 3. The maximum atomic E-state index is 12.7. The van der Waals surface area contributed by atoms with Crippen LogP contribution in [0.5, 0.6) is 0 Å². The molecule has 0 bridgehead atoms. The van der Waals surface area contributed by atoms with Crippen molar-refractivity contribution in [1.82, 2.24) is 14.8 Å². The standard InChI is InChI=1S/C21H21N5O/c1-14-11-19(24-18-10-6-5-9-17(14)18)26-20(16(12-22)13-23-26)25-21(27)15-7-3-2-4-8-15/h5-6,9-11,13,15H,2-4,7-8H2,1H3,(H,25,27). The van der Waals surface area contributed by atoms with Crippen molar-refractivity contribution in [3.8, 4) is 11.9 Å². The van der Waals surface area contributed by atoms with Crippen molar-refractivity contribution < 1.29 is 4.79 Å². The number of anilines is 1. The molecule has 1 aliphatic rings. The fourth-order valence-corrected chi connectivity index (χ4v) is 3.75. The second kappa shape index (κ2) is 7.20. The van der Waals surface area contributed by atoms with Gasteiger partial charge in [-0.05, 0) is 37.5 Å². The third-order valence-corrected chi connectivity index (χ3v) is 5.23. The Morgan fingerprint density at radius 3 is 2.81 bits per heavy atom. The van der Waals surface area contributed by atoms with Gasteiger partial charge in [0.2, 0.25) is 5.91 Å². The van der Waals surface area contributed by atoms with E-state index in [1.165, 1.54) is 12.6 Å². The lowest BCUT2D eigenvalue weighted by Gasteiger charge is -2.21. The van der Waals surface area contributed by atoms with E-state index in [9.17, 15) is 10.1 Å². The normalized spacial score (nSPS) is 14.8. The van der Waals surface area contributed by atoms with E-state index in [-0.39, 0.29) is 11.8 Å². The molecule has 2 heterocycles. The first-order chi connectivity index (χ1) is 13.2. The van der Waals surface area contributed by atoms with Crippen molar-refractivity contribution in [2.45, 2.75) is 39.0 Å². The molecule has 1 aliphatic carbocycles. The number of hydrogen-bond acceptors (Lipinski definition) is 4. The van der Waals surface area contributed by atoms with E-state index in [0.29, 0.717) is 17.2 Å². The number of nitrogens with zero attached hydrogens (tertiary/aromatic N) is 4. The molecule has 0 saturated heterocycles. The van der Waals surface area contributed by atoms with Gasteiger partial charge in [0, 0.05) is 11.3 Å². The van der Waals surface area contributed by atoms with Gasteiger partial charge in [-0.15, -0.1) is 0 Å². The molecule has 27 heavy (non-hydrogen) atoms. The highest BCUT2D eigenvalue weighted by atomic mass is 16.2. The number of carbonyl (C=O) groups is 1.